The standard InChI is InChI=1S/C16H16ClN/c1-3-11-5-7-13-15(9-11)18-14-8-10(2)4-6-12(14)16(13)17/h3,5,7,9-10H,1,4,6,8H2,2H3. The maximum absolute atomic E-state index is 6.54. The quantitative estimate of drug-likeness (QED) is 0.724. The lowest BCUT2D eigenvalue weighted by molar-refractivity contribution is 0.493. The van der Waals surface area contributed by atoms with Crippen molar-refractivity contribution in [3.63, 3.8) is 0 Å². The van der Waals surface area contributed by atoms with Gasteiger partial charge in [0, 0.05) is 11.1 Å². The van der Waals surface area contributed by atoms with E-state index in [-0.39, 0.29) is 0 Å². The highest BCUT2D eigenvalue weighted by molar-refractivity contribution is 6.36. The maximum atomic E-state index is 6.54. The lowest BCUT2D eigenvalue weighted by Gasteiger charge is -2.22. The fourth-order valence-electron chi connectivity index (χ4n) is 2.70. The van der Waals surface area contributed by atoms with Crippen LogP contribution in [0.15, 0.2) is 24.8 Å². The number of aromatic nitrogens is 1. The molecule has 1 atom stereocenters. The first-order valence-electron chi connectivity index (χ1n) is 6.42. The van der Waals surface area contributed by atoms with E-state index >= 15 is 0 Å². The molecular weight excluding hydrogens is 242 g/mol. The van der Waals surface area contributed by atoms with Gasteiger partial charge in [-0.2, -0.15) is 0 Å². The first-order valence-corrected chi connectivity index (χ1v) is 6.80. The Morgan fingerprint density at radius 1 is 1.44 bits per heavy atom. The summed E-state index contributed by atoms with van der Waals surface area (Å²) in [6, 6.07) is 6.16. The zero-order valence-electron chi connectivity index (χ0n) is 10.5. The van der Waals surface area contributed by atoms with Crippen molar-refractivity contribution >= 4 is 28.6 Å². The van der Waals surface area contributed by atoms with Crippen molar-refractivity contribution in [2.45, 2.75) is 26.2 Å². The number of hydrogen-bond donors (Lipinski definition) is 0. The summed E-state index contributed by atoms with van der Waals surface area (Å²) in [7, 11) is 0. The highest BCUT2D eigenvalue weighted by Gasteiger charge is 2.20. The first-order chi connectivity index (χ1) is 8.69. The van der Waals surface area contributed by atoms with E-state index in [0.29, 0.717) is 5.92 Å². The van der Waals surface area contributed by atoms with Gasteiger partial charge in [0.1, 0.15) is 0 Å². The summed E-state index contributed by atoms with van der Waals surface area (Å²) < 4.78 is 0. The molecule has 1 aliphatic carbocycles. The minimum Gasteiger partial charge on any atom is -0.252 e. The summed E-state index contributed by atoms with van der Waals surface area (Å²) in [4.78, 5) is 4.80. The van der Waals surface area contributed by atoms with Gasteiger partial charge in [-0.1, -0.05) is 43.3 Å². The number of benzene rings is 1. The Labute approximate surface area is 112 Å². The van der Waals surface area contributed by atoms with E-state index < -0.39 is 0 Å². The maximum Gasteiger partial charge on any atom is 0.0726 e. The number of pyridine rings is 1. The molecule has 0 spiro atoms. The molecule has 0 radical (unpaired) electrons. The van der Waals surface area contributed by atoms with Crippen molar-refractivity contribution in [2.24, 2.45) is 5.92 Å². The molecule has 1 aliphatic rings. The molecule has 0 amide bonds. The van der Waals surface area contributed by atoms with Crippen LogP contribution in [0.3, 0.4) is 0 Å². The van der Waals surface area contributed by atoms with Crippen LogP contribution < -0.4 is 0 Å². The molecule has 18 heavy (non-hydrogen) atoms. The van der Waals surface area contributed by atoms with E-state index in [1.165, 1.54) is 17.7 Å². The molecule has 1 aromatic carbocycles. The Morgan fingerprint density at radius 2 is 2.28 bits per heavy atom. The molecule has 0 aliphatic heterocycles. The van der Waals surface area contributed by atoms with E-state index in [0.717, 1.165) is 34.3 Å². The van der Waals surface area contributed by atoms with Crippen molar-refractivity contribution in [1.82, 2.24) is 4.98 Å². The van der Waals surface area contributed by atoms with Crippen molar-refractivity contribution in [1.29, 1.82) is 0 Å². The Balaban J connectivity index is 2.26. The van der Waals surface area contributed by atoms with Crippen molar-refractivity contribution < 1.29 is 0 Å². The van der Waals surface area contributed by atoms with Crippen LogP contribution in [0.25, 0.3) is 17.0 Å². The van der Waals surface area contributed by atoms with E-state index in [9.17, 15) is 0 Å². The summed E-state index contributed by atoms with van der Waals surface area (Å²) in [5, 5.41) is 1.97. The third-order valence-corrected chi connectivity index (χ3v) is 4.22. The van der Waals surface area contributed by atoms with E-state index in [1.807, 2.05) is 12.1 Å². The van der Waals surface area contributed by atoms with Gasteiger partial charge in [-0.3, -0.25) is 4.98 Å². The van der Waals surface area contributed by atoms with Crippen LogP contribution in [0.4, 0.5) is 0 Å². The number of rotatable bonds is 1. The zero-order chi connectivity index (χ0) is 12.7. The van der Waals surface area contributed by atoms with Crippen LogP contribution in [-0.2, 0) is 12.8 Å². The highest BCUT2D eigenvalue weighted by atomic mass is 35.5. The van der Waals surface area contributed by atoms with Gasteiger partial charge in [-0.25, -0.2) is 0 Å². The molecule has 92 valence electrons. The first kappa shape index (κ1) is 11.7. The monoisotopic (exact) mass is 257 g/mol. The van der Waals surface area contributed by atoms with Gasteiger partial charge in [0.25, 0.3) is 0 Å². The zero-order valence-corrected chi connectivity index (χ0v) is 11.3. The van der Waals surface area contributed by atoms with Crippen LogP contribution in [0, 0.1) is 5.92 Å². The molecule has 0 N–H and O–H groups in total. The van der Waals surface area contributed by atoms with Gasteiger partial charge >= 0.3 is 0 Å². The molecule has 0 saturated carbocycles. The Hall–Kier alpha value is -1.34. The van der Waals surface area contributed by atoms with Gasteiger partial charge in [0.15, 0.2) is 0 Å². The Kier molecular flexibility index (Phi) is 2.87. The van der Waals surface area contributed by atoms with Gasteiger partial charge in [-0.15, -0.1) is 0 Å². The van der Waals surface area contributed by atoms with Crippen molar-refractivity contribution in [3.8, 4) is 0 Å². The smallest absolute Gasteiger partial charge is 0.0726 e. The third kappa shape index (κ3) is 1.83. The third-order valence-electron chi connectivity index (χ3n) is 3.79. The molecule has 3 rings (SSSR count). The van der Waals surface area contributed by atoms with E-state index in [1.54, 1.807) is 0 Å². The molecule has 2 aromatic rings. The molecule has 0 fully saturated rings. The van der Waals surface area contributed by atoms with Crippen LogP contribution in [0.5, 0.6) is 0 Å². The van der Waals surface area contributed by atoms with Crippen LogP contribution >= 0.6 is 11.6 Å². The van der Waals surface area contributed by atoms with Crippen LogP contribution in [-0.4, -0.2) is 4.98 Å². The number of hydrogen-bond acceptors (Lipinski definition) is 1. The van der Waals surface area contributed by atoms with Crippen molar-refractivity contribution in [2.75, 3.05) is 0 Å². The van der Waals surface area contributed by atoms with Gasteiger partial charge in [-0.05, 0) is 42.4 Å². The Morgan fingerprint density at radius 3 is 3.06 bits per heavy atom. The lowest BCUT2D eigenvalue weighted by Crippen LogP contribution is -2.13. The minimum absolute atomic E-state index is 0.709. The van der Waals surface area contributed by atoms with Crippen LogP contribution in [0.1, 0.15) is 30.2 Å². The second kappa shape index (κ2) is 4.40. The number of nitrogens with zero attached hydrogens (tertiary/aromatic N) is 1. The van der Waals surface area contributed by atoms with Gasteiger partial charge < -0.3 is 0 Å². The summed E-state index contributed by atoms with van der Waals surface area (Å²) >= 11 is 6.54. The summed E-state index contributed by atoms with van der Waals surface area (Å²) in [6.45, 7) is 6.08. The fraction of sp³-hybridized carbons (Fsp3) is 0.312. The number of fused-ring (bicyclic) bond motifs is 2. The second-order valence-corrected chi connectivity index (χ2v) is 5.56. The number of halogens is 1. The predicted octanol–water partition coefficient (Wildman–Crippen LogP) is 4.66. The lowest BCUT2D eigenvalue weighted by atomic mass is 9.87. The van der Waals surface area contributed by atoms with Gasteiger partial charge in [0.05, 0.1) is 10.5 Å². The van der Waals surface area contributed by atoms with Gasteiger partial charge in [0.2, 0.25) is 0 Å². The largest absolute Gasteiger partial charge is 0.252 e. The van der Waals surface area contributed by atoms with E-state index in [2.05, 4.69) is 25.6 Å². The topological polar surface area (TPSA) is 12.9 Å². The molecule has 1 unspecified atom stereocenters. The molecular formula is C16H16ClN. The van der Waals surface area contributed by atoms with Crippen molar-refractivity contribution in [3.05, 3.63) is 46.6 Å². The molecule has 1 nitrogen and oxygen atoms in total. The molecule has 0 saturated heterocycles. The summed E-state index contributed by atoms with van der Waals surface area (Å²) in [5.41, 5.74) is 4.53. The summed E-state index contributed by atoms with van der Waals surface area (Å²) in [5.74, 6) is 0.709. The molecule has 1 aromatic heterocycles. The summed E-state index contributed by atoms with van der Waals surface area (Å²) in [6.07, 6.45) is 5.16. The van der Waals surface area contributed by atoms with Crippen LogP contribution in [0.2, 0.25) is 5.02 Å². The second-order valence-electron chi connectivity index (χ2n) is 5.18. The predicted molar refractivity (Wildman–Crippen MR) is 78.0 cm³/mol. The SMILES string of the molecule is C=Cc1ccc2c(Cl)c3c(nc2c1)CC(C)CC3. The Bertz CT molecular complexity index is 631. The average Bonchev–Trinajstić information content (AvgIpc) is 2.38. The minimum atomic E-state index is 0.709. The molecule has 1 heterocycles. The average molecular weight is 258 g/mol. The normalized spacial score (nSPS) is 18.7. The molecule has 0 bridgehead atoms. The molecule has 2 heteroatoms. The fourth-order valence-corrected chi connectivity index (χ4v) is 3.06. The van der Waals surface area contributed by atoms with E-state index in [4.69, 9.17) is 16.6 Å². The highest BCUT2D eigenvalue weighted by Crippen LogP contribution is 2.34.